The van der Waals surface area contributed by atoms with Gasteiger partial charge in [0.2, 0.25) is 0 Å². The molecule has 0 radical (unpaired) electrons. The second-order valence-electron chi connectivity index (χ2n) is 6.86. The van der Waals surface area contributed by atoms with Crippen LogP contribution in [0.1, 0.15) is 11.1 Å². The lowest BCUT2D eigenvalue weighted by Gasteiger charge is -2.13. The van der Waals surface area contributed by atoms with E-state index in [1.807, 2.05) is 85.7 Å². The van der Waals surface area contributed by atoms with Gasteiger partial charge in [-0.3, -0.25) is 9.59 Å². The quantitative estimate of drug-likeness (QED) is 0.643. The van der Waals surface area contributed by atoms with Crippen LogP contribution in [0.25, 0.3) is 10.8 Å². The Bertz CT molecular complexity index is 965. The number of esters is 1. The molecule has 0 aliphatic rings. The van der Waals surface area contributed by atoms with Gasteiger partial charge in [-0.15, -0.1) is 0 Å². The molecule has 0 aliphatic carbocycles. The van der Waals surface area contributed by atoms with Crippen LogP contribution in [-0.4, -0.2) is 32.6 Å². The van der Waals surface area contributed by atoms with Crippen molar-refractivity contribution in [2.75, 3.05) is 25.6 Å². The molecule has 1 amide bonds. The van der Waals surface area contributed by atoms with Crippen LogP contribution in [-0.2, 0) is 27.3 Å². The third-order valence-corrected chi connectivity index (χ3v) is 4.47. The Kier molecular flexibility index (Phi) is 6.27. The van der Waals surface area contributed by atoms with Crippen molar-refractivity contribution in [2.24, 2.45) is 0 Å². The zero-order valence-electron chi connectivity index (χ0n) is 16.1. The lowest BCUT2D eigenvalue weighted by molar-refractivity contribution is -0.147. The first-order chi connectivity index (χ1) is 13.5. The van der Waals surface area contributed by atoms with Gasteiger partial charge in [0.15, 0.2) is 6.61 Å². The van der Waals surface area contributed by atoms with E-state index in [4.69, 9.17) is 4.74 Å². The fraction of sp³-hybridized carbons (Fsp3) is 0.217. The molecule has 0 fully saturated rings. The van der Waals surface area contributed by atoms with Crippen molar-refractivity contribution in [1.29, 1.82) is 0 Å². The number of hydrogen-bond acceptors (Lipinski definition) is 4. The molecule has 28 heavy (non-hydrogen) atoms. The monoisotopic (exact) mass is 376 g/mol. The number of fused-ring (bicyclic) bond motifs is 1. The smallest absolute Gasteiger partial charge is 0.310 e. The van der Waals surface area contributed by atoms with Gasteiger partial charge in [0.05, 0.1) is 6.42 Å². The van der Waals surface area contributed by atoms with Crippen LogP contribution in [0.4, 0.5) is 5.69 Å². The third kappa shape index (κ3) is 5.33. The molecule has 5 heteroatoms. The van der Waals surface area contributed by atoms with Gasteiger partial charge in [-0.2, -0.15) is 0 Å². The highest BCUT2D eigenvalue weighted by molar-refractivity contribution is 5.85. The van der Waals surface area contributed by atoms with Gasteiger partial charge < -0.3 is 15.0 Å². The fourth-order valence-electron chi connectivity index (χ4n) is 2.88. The average Bonchev–Trinajstić information content (AvgIpc) is 2.71. The van der Waals surface area contributed by atoms with E-state index in [9.17, 15) is 9.59 Å². The van der Waals surface area contributed by atoms with Crippen LogP contribution in [0.5, 0.6) is 0 Å². The van der Waals surface area contributed by atoms with E-state index in [1.165, 1.54) is 0 Å². The van der Waals surface area contributed by atoms with E-state index in [-0.39, 0.29) is 18.9 Å². The van der Waals surface area contributed by atoms with Crippen LogP contribution in [0, 0.1) is 0 Å². The highest BCUT2D eigenvalue weighted by Crippen LogP contribution is 2.16. The van der Waals surface area contributed by atoms with Gasteiger partial charge in [0.25, 0.3) is 5.91 Å². The molecule has 0 spiro atoms. The van der Waals surface area contributed by atoms with Crippen LogP contribution >= 0.6 is 0 Å². The van der Waals surface area contributed by atoms with Crippen LogP contribution < -0.4 is 10.2 Å². The van der Waals surface area contributed by atoms with E-state index in [2.05, 4.69) is 5.32 Å². The Labute approximate surface area is 164 Å². The van der Waals surface area contributed by atoms with Gasteiger partial charge in [-0.25, -0.2) is 0 Å². The lowest BCUT2D eigenvalue weighted by Crippen LogP contribution is -2.28. The Hall–Kier alpha value is -3.34. The Morgan fingerprint density at radius 2 is 1.57 bits per heavy atom. The molecular weight excluding hydrogens is 352 g/mol. The summed E-state index contributed by atoms with van der Waals surface area (Å²) in [6.07, 6.45) is 0.143. The predicted molar refractivity (Wildman–Crippen MR) is 111 cm³/mol. The normalized spacial score (nSPS) is 10.5. The van der Waals surface area contributed by atoms with Crippen molar-refractivity contribution in [3.8, 4) is 0 Å². The van der Waals surface area contributed by atoms with Crippen LogP contribution in [0.2, 0.25) is 0 Å². The molecule has 1 N–H and O–H groups in total. The van der Waals surface area contributed by atoms with Crippen LogP contribution in [0.15, 0.2) is 66.7 Å². The SMILES string of the molecule is CN(C)c1ccc(CNC(=O)COC(=O)Cc2ccc3ccccc3c2)cc1. The molecule has 3 rings (SSSR count). The molecule has 0 heterocycles. The standard InChI is InChI=1S/C23H24N2O3/c1-25(2)21-11-8-17(9-12-21)15-24-22(26)16-28-23(27)14-18-7-10-19-5-3-4-6-20(19)13-18/h3-13H,14-16H2,1-2H3,(H,24,26). The number of nitrogens with zero attached hydrogens (tertiary/aromatic N) is 1. The van der Waals surface area contributed by atoms with E-state index in [0.717, 1.165) is 27.6 Å². The summed E-state index contributed by atoms with van der Waals surface area (Å²) < 4.78 is 5.10. The molecule has 3 aromatic carbocycles. The van der Waals surface area contributed by atoms with E-state index < -0.39 is 5.97 Å². The number of nitrogens with one attached hydrogen (secondary N) is 1. The van der Waals surface area contributed by atoms with Gasteiger partial charge in [0, 0.05) is 26.3 Å². The van der Waals surface area contributed by atoms with E-state index >= 15 is 0 Å². The zero-order valence-corrected chi connectivity index (χ0v) is 16.1. The Morgan fingerprint density at radius 1 is 0.893 bits per heavy atom. The lowest BCUT2D eigenvalue weighted by atomic mass is 10.1. The maximum Gasteiger partial charge on any atom is 0.310 e. The zero-order chi connectivity index (χ0) is 19.9. The molecule has 0 aliphatic heterocycles. The number of carbonyl (C=O) groups excluding carboxylic acids is 2. The van der Waals surface area contributed by atoms with Gasteiger partial charge in [0.1, 0.15) is 0 Å². The minimum absolute atomic E-state index is 0.143. The van der Waals surface area contributed by atoms with Gasteiger partial charge in [-0.1, -0.05) is 54.6 Å². The van der Waals surface area contributed by atoms with Crippen molar-refractivity contribution in [3.63, 3.8) is 0 Å². The Morgan fingerprint density at radius 3 is 2.29 bits per heavy atom. The summed E-state index contributed by atoms with van der Waals surface area (Å²) in [7, 11) is 3.95. The number of carbonyl (C=O) groups is 2. The van der Waals surface area contributed by atoms with Crippen molar-refractivity contribution in [3.05, 3.63) is 77.9 Å². The number of ether oxygens (including phenoxy) is 1. The molecule has 0 saturated carbocycles. The van der Waals surface area contributed by atoms with Crippen LogP contribution in [0.3, 0.4) is 0 Å². The van der Waals surface area contributed by atoms with Crippen molar-refractivity contribution >= 4 is 28.3 Å². The maximum atomic E-state index is 12.0. The Balaban J connectivity index is 1.43. The van der Waals surface area contributed by atoms with Gasteiger partial charge >= 0.3 is 5.97 Å². The number of anilines is 1. The first-order valence-electron chi connectivity index (χ1n) is 9.17. The summed E-state index contributed by atoms with van der Waals surface area (Å²) in [5.74, 6) is -0.732. The molecule has 0 bridgehead atoms. The topological polar surface area (TPSA) is 58.6 Å². The van der Waals surface area contributed by atoms with Crippen molar-refractivity contribution in [2.45, 2.75) is 13.0 Å². The molecule has 5 nitrogen and oxygen atoms in total. The number of amides is 1. The predicted octanol–water partition coefficient (Wildman–Crippen LogP) is 3.31. The minimum atomic E-state index is -0.416. The summed E-state index contributed by atoms with van der Waals surface area (Å²) in [6, 6.07) is 21.7. The summed E-state index contributed by atoms with van der Waals surface area (Å²) in [5.41, 5.74) is 2.95. The molecular formula is C23H24N2O3. The second-order valence-corrected chi connectivity index (χ2v) is 6.86. The minimum Gasteiger partial charge on any atom is -0.455 e. The summed E-state index contributed by atoms with van der Waals surface area (Å²) in [6.45, 7) is 0.122. The first-order valence-corrected chi connectivity index (χ1v) is 9.17. The molecule has 3 aromatic rings. The number of benzene rings is 3. The average molecular weight is 376 g/mol. The highest BCUT2D eigenvalue weighted by Gasteiger charge is 2.09. The molecule has 0 unspecified atom stereocenters. The largest absolute Gasteiger partial charge is 0.455 e. The van der Waals surface area contributed by atoms with E-state index in [1.54, 1.807) is 0 Å². The molecule has 0 saturated heterocycles. The summed E-state index contributed by atoms with van der Waals surface area (Å²) >= 11 is 0. The van der Waals surface area contributed by atoms with E-state index in [0.29, 0.717) is 6.54 Å². The molecule has 0 atom stereocenters. The van der Waals surface area contributed by atoms with Gasteiger partial charge in [-0.05, 0) is 34.0 Å². The third-order valence-electron chi connectivity index (χ3n) is 4.47. The summed E-state index contributed by atoms with van der Waals surface area (Å²) in [4.78, 5) is 26.0. The highest BCUT2D eigenvalue weighted by atomic mass is 16.5. The number of hydrogen-bond donors (Lipinski definition) is 1. The number of rotatable bonds is 7. The second kappa shape index (κ2) is 9.04. The van der Waals surface area contributed by atoms with Crippen molar-refractivity contribution in [1.82, 2.24) is 5.32 Å². The first kappa shape index (κ1) is 19.4. The molecule has 144 valence electrons. The summed E-state index contributed by atoms with van der Waals surface area (Å²) in [5, 5.41) is 4.96. The maximum absolute atomic E-state index is 12.0. The fourth-order valence-corrected chi connectivity index (χ4v) is 2.88. The van der Waals surface area contributed by atoms with Crippen molar-refractivity contribution < 1.29 is 14.3 Å². The molecule has 0 aromatic heterocycles.